The molecule has 0 heterocycles. The van der Waals surface area contributed by atoms with Crippen LogP contribution in [-0.4, -0.2) is 42.2 Å². The van der Waals surface area contributed by atoms with E-state index >= 15 is 0 Å². The predicted molar refractivity (Wildman–Crippen MR) is 36.8 cm³/mol. The van der Waals surface area contributed by atoms with Gasteiger partial charge in [0.05, 0.1) is 0 Å². The molecule has 1 atom stereocenters. The molecule has 0 spiro atoms. The highest BCUT2D eigenvalue weighted by atomic mass is 19.4. The quantitative estimate of drug-likeness (QED) is 0.614. The van der Waals surface area contributed by atoms with Gasteiger partial charge in [-0.3, -0.25) is 0 Å². The van der Waals surface area contributed by atoms with E-state index in [1.807, 2.05) is 0 Å². The molecule has 0 aliphatic rings. The Morgan fingerprint density at radius 1 is 0.409 bits per heavy atom. The lowest BCUT2D eigenvalue weighted by atomic mass is 9.89. The molecule has 0 bridgehead atoms. The van der Waals surface area contributed by atoms with Crippen LogP contribution >= 0.6 is 0 Å². The van der Waals surface area contributed by atoms with Crippen molar-refractivity contribution < 1.29 is 65.9 Å². The van der Waals surface area contributed by atoms with Crippen molar-refractivity contribution in [1.29, 1.82) is 0 Å². The first-order valence-electron chi connectivity index (χ1n) is 4.44. The summed E-state index contributed by atoms with van der Waals surface area (Å²) in [6.07, 6.45) is -29.3. The van der Waals surface area contributed by atoms with Gasteiger partial charge in [0.15, 0.2) is 0 Å². The van der Waals surface area contributed by atoms with Crippen LogP contribution in [0, 0.1) is 0 Å². The zero-order valence-corrected chi connectivity index (χ0v) is 9.25. The lowest BCUT2D eigenvalue weighted by molar-refractivity contribution is -0.423. The van der Waals surface area contributed by atoms with Gasteiger partial charge in [0.25, 0.3) is 0 Å². The maximum atomic E-state index is 12.8. The molecule has 0 fully saturated rings. The standard InChI is InChI=1S/C7HF15/c8-1(3(11,12)5(14,15)16)2(9,10)4(13,6(17,18)19)7(20,21)22/h1H. The van der Waals surface area contributed by atoms with Crippen molar-refractivity contribution in [3.8, 4) is 0 Å². The molecule has 0 saturated heterocycles. The van der Waals surface area contributed by atoms with Crippen LogP contribution in [0.3, 0.4) is 0 Å². The van der Waals surface area contributed by atoms with E-state index in [9.17, 15) is 65.9 Å². The summed E-state index contributed by atoms with van der Waals surface area (Å²) in [5, 5.41) is 0. The smallest absolute Gasteiger partial charge is 0.234 e. The molecule has 134 valence electrons. The molecule has 0 aromatic carbocycles. The molecule has 22 heavy (non-hydrogen) atoms. The third kappa shape index (κ3) is 2.77. The van der Waals surface area contributed by atoms with Gasteiger partial charge in [-0.05, 0) is 0 Å². The molecular formula is C7HF15. The van der Waals surface area contributed by atoms with E-state index in [-0.39, 0.29) is 0 Å². The largest absolute Gasteiger partial charge is 0.456 e. The first-order valence-corrected chi connectivity index (χ1v) is 4.44. The fourth-order valence-electron chi connectivity index (χ4n) is 1.08. The SMILES string of the molecule is FC(C(F)(F)C(F)(F)F)C(F)(F)C(F)(C(F)(F)F)C(F)(F)F. The Balaban J connectivity index is 6.30. The average Bonchev–Trinajstić information content (AvgIpc) is 2.21. The van der Waals surface area contributed by atoms with E-state index in [1.54, 1.807) is 0 Å². The summed E-state index contributed by atoms with van der Waals surface area (Å²) in [6.45, 7) is 0. The lowest BCUT2D eigenvalue weighted by Crippen LogP contribution is -2.71. The summed E-state index contributed by atoms with van der Waals surface area (Å²) in [6, 6.07) is 0. The molecule has 0 rings (SSSR count). The number of hydrogen-bond acceptors (Lipinski definition) is 0. The van der Waals surface area contributed by atoms with E-state index in [0.717, 1.165) is 0 Å². The maximum Gasteiger partial charge on any atom is 0.456 e. The zero-order chi connectivity index (χ0) is 18.6. The molecule has 0 nitrogen and oxygen atoms in total. The second-order valence-electron chi connectivity index (χ2n) is 3.76. The van der Waals surface area contributed by atoms with Gasteiger partial charge in [-0.1, -0.05) is 0 Å². The summed E-state index contributed by atoms with van der Waals surface area (Å²) in [7, 11) is 0. The minimum absolute atomic E-state index is 6.49. The number of rotatable bonds is 3. The Labute approximate surface area is 109 Å². The van der Waals surface area contributed by atoms with Crippen molar-refractivity contribution in [3.63, 3.8) is 0 Å². The normalized spacial score (nSPS) is 17.6. The third-order valence-corrected chi connectivity index (χ3v) is 2.26. The van der Waals surface area contributed by atoms with E-state index in [4.69, 9.17) is 0 Å². The number of halogens is 15. The second kappa shape index (κ2) is 4.97. The van der Waals surface area contributed by atoms with Gasteiger partial charge in [0, 0.05) is 0 Å². The van der Waals surface area contributed by atoms with Gasteiger partial charge >= 0.3 is 36.0 Å². The summed E-state index contributed by atoms with van der Waals surface area (Å²) in [5.74, 6) is -15.2. The highest BCUT2D eigenvalue weighted by Crippen LogP contribution is 2.59. The maximum absolute atomic E-state index is 12.8. The Morgan fingerprint density at radius 3 is 0.864 bits per heavy atom. The highest BCUT2D eigenvalue weighted by molar-refractivity contribution is 5.11. The van der Waals surface area contributed by atoms with Crippen molar-refractivity contribution in [1.82, 2.24) is 0 Å². The number of alkyl halides is 15. The van der Waals surface area contributed by atoms with Crippen LogP contribution in [0.2, 0.25) is 0 Å². The Kier molecular flexibility index (Phi) is 4.74. The molecule has 0 amide bonds. The fraction of sp³-hybridized carbons (Fsp3) is 1.00. The molecule has 15 heteroatoms. The minimum atomic E-state index is -7.97. The van der Waals surface area contributed by atoms with Crippen molar-refractivity contribution in [2.24, 2.45) is 0 Å². The van der Waals surface area contributed by atoms with Crippen LogP contribution < -0.4 is 0 Å². The molecule has 0 aromatic heterocycles. The van der Waals surface area contributed by atoms with Gasteiger partial charge in [0.1, 0.15) is 0 Å². The van der Waals surface area contributed by atoms with Gasteiger partial charge in [-0.2, -0.15) is 57.1 Å². The minimum Gasteiger partial charge on any atom is -0.234 e. The van der Waals surface area contributed by atoms with Crippen molar-refractivity contribution >= 4 is 0 Å². The first kappa shape index (κ1) is 20.9. The van der Waals surface area contributed by atoms with Crippen molar-refractivity contribution in [3.05, 3.63) is 0 Å². The van der Waals surface area contributed by atoms with Gasteiger partial charge in [0.2, 0.25) is 6.17 Å². The summed E-state index contributed by atoms with van der Waals surface area (Å²) in [5.41, 5.74) is -7.97. The summed E-state index contributed by atoms with van der Waals surface area (Å²) >= 11 is 0. The van der Waals surface area contributed by atoms with E-state index in [2.05, 4.69) is 0 Å². The second-order valence-corrected chi connectivity index (χ2v) is 3.76. The van der Waals surface area contributed by atoms with Gasteiger partial charge in [-0.15, -0.1) is 0 Å². The van der Waals surface area contributed by atoms with Crippen molar-refractivity contribution in [2.75, 3.05) is 0 Å². The van der Waals surface area contributed by atoms with Crippen LogP contribution in [0.4, 0.5) is 65.9 Å². The topological polar surface area (TPSA) is 0 Å². The highest BCUT2D eigenvalue weighted by Gasteiger charge is 2.89. The van der Waals surface area contributed by atoms with Gasteiger partial charge < -0.3 is 0 Å². The Morgan fingerprint density at radius 2 is 0.682 bits per heavy atom. The van der Waals surface area contributed by atoms with Crippen molar-refractivity contribution in [2.45, 2.75) is 42.2 Å². The molecule has 0 radical (unpaired) electrons. The first-order chi connectivity index (χ1) is 9.15. The molecule has 0 aliphatic carbocycles. The van der Waals surface area contributed by atoms with Crippen LogP contribution in [-0.2, 0) is 0 Å². The molecule has 0 N–H and O–H groups in total. The zero-order valence-electron chi connectivity index (χ0n) is 9.25. The molecule has 0 aliphatic heterocycles. The van der Waals surface area contributed by atoms with Crippen LogP contribution in [0.1, 0.15) is 0 Å². The Hall–Kier alpha value is -1.05. The molecular weight excluding hydrogens is 369 g/mol. The van der Waals surface area contributed by atoms with E-state index in [0.29, 0.717) is 0 Å². The molecule has 0 saturated carbocycles. The molecule has 0 aromatic rings. The van der Waals surface area contributed by atoms with Crippen LogP contribution in [0.25, 0.3) is 0 Å². The van der Waals surface area contributed by atoms with E-state index < -0.39 is 42.2 Å². The molecule has 1 unspecified atom stereocenters. The Bertz CT molecular complexity index is 380. The summed E-state index contributed by atoms with van der Waals surface area (Å²) in [4.78, 5) is 0. The third-order valence-electron chi connectivity index (χ3n) is 2.26. The average molecular weight is 370 g/mol. The summed E-state index contributed by atoms with van der Waals surface area (Å²) < 4.78 is 181. The van der Waals surface area contributed by atoms with E-state index in [1.165, 1.54) is 0 Å². The lowest BCUT2D eigenvalue weighted by Gasteiger charge is -2.39. The van der Waals surface area contributed by atoms with Gasteiger partial charge in [-0.25, -0.2) is 8.78 Å². The fourth-order valence-corrected chi connectivity index (χ4v) is 1.08. The number of hydrogen-bond donors (Lipinski definition) is 0. The van der Waals surface area contributed by atoms with Crippen LogP contribution in [0.5, 0.6) is 0 Å². The predicted octanol–water partition coefficient (Wildman–Crippen LogP) is 4.99. The van der Waals surface area contributed by atoms with Crippen LogP contribution in [0.15, 0.2) is 0 Å². The monoisotopic (exact) mass is 370 g/mol.